The minimum absolute atomic E-state index is 0.186. The molecule has 0 aromatic heterocycles. The first-order valence-electron chi connectivity index (χ1n) is 9.76. The molecule has 2 N–H and O–H groups in total. The van der Waals surface area contributed by atoms with Crippen molar-refractivity contribution >= 4 is 33.6 Å². The summed E-state index contributed by atoms with van der Waals surface area (Å²) >= 11 is 0. The molecular weight excluding hydrogens is 420 g/mol. The number of fused-ring (bicyclic) bond motifs is 2. The summed E-state index contributed by atoms with van der Waals surface area (Å²) in [7, 11) is -3.61. The van der Waals surface area contributed by atoms with Crippen LogP contribution in [0, 0.1) is 0 Å². The molecule has 3 heterocycles. The molecule has 0 radical (unpaired) electrons. The Hall–Kier alpha value is -3.53. The third-order valence-electron chi connectivity index (χ3n) is 5.68. The zero-order valence-corrected chi connectivity index (χ0v) is 17.1. The minimum Gasteiger partial charge on any atom is -0.322 e. The van der Waals surface area contributed by atoms with E-state index in [1.165, 1.54) is 11.0 Å². The molecule has 1 atom stereocenters. The average molecular weight is 438 g/mol. The Morgan fingerprint density at radius 3 is 2.68 bits per heavy atom. The Kier molecular flexibility index (Phi) is 4.40. The van der Waals surface area contributed by atoms with Crippen LogP contribution in [0.25, 0.3) is 0 Å². The van der Waals surface area contributed by atoms with Crippen LogP contribution in [0.2, 0.25) is 0 Å². The lowest BCUT2D eigenvalue weighted by Crippen LogP contribution is -2.52. The van der Waals surface area contributed by atoms with Gasteiger partial charge in [0.1, 0.15) is 11.9 Å². The summed E-state index contributed by atoms with van der Waals surface area (Å²) in [4.78, 5) is 42.6. The van der Waals surface area contributed by atoms with Gasteiger partial charge in [-0.3, -0.25) is 29.4 Å². The van der Waals surface area contributed by atoms with Crippen LogP contribution in [-0.4, -0.2) is 42.9 Å². The number of nitrogens with one attached hydrogen (secondary N) is 2. The van der Waals surface area contributed by atoms with Crippen LogP contribution in [0.4, 0.5) is 0 Å². The molecule has 2 aromatic carbocycles. The number of hydrogen-bond donors (Lipinski definition) is 2. The fraction of sp³-hybridized carbons (Fsp3) is 0.238. The van der Waals surface area contributed by atoms with Gasteiger partial charge in [0.2, 0.25) is 11.8 Å². The second-order valence-electron chi connectivity index (χ2n) is 7.66. The van der Waals surface area contributed by atoms with E-state index in [9.17, 15) is 22.8 Å². The summed E-state index contributed by atoms with van der Waals surface area (Å²) in [6.45, 7) is 0.494. The van der Waals surface area contributed by atoms with Gasteiger partial charge in [0.25, 0.3) is 15.9 Å². The van der Waals surface area contributed by atoms with E-state index in [-0.39, 0.29) is 35.5 Å². The molecule has 1 saturated heterocycles. The number of carbonyl (C=O) groups excluding carboxylic acids is 3. The zero-order valence-electron chi connectivity index (χ0n) is 16.3. The van der Waals surface area contributed by atoms with Crippen molar-refractivity contribution in [3.8, 4) is 0 Å². The highest BCUT2D eigenvalue weighted by Crippen LogP contribution is 2.29. The van der Waals surface area contributed by atoms with Crippen LogP contribution in [0.15, 0.2) is 52.4 Å². The van der Waals surface area contributed by atoms with Gasteiger partial charge >= 0.3 is 0 Å². The average Bonchev–Trinajstić information content (AvgIpc) is 3.20. The molecule has 1 fully saturated rings. The van der Waals surface area contributed by atoms with Gasteiger partial charge in [-0.2, -0.15) is 0 Å². The molecule has 0 spiro atoms. The number of aliphatic imine (C=N–C) groups is 1. The monoisotopic (exact) mass is 438 g/mol. The van der Waals surface area contributed by atoms with Gasteiger partial charge in [0.15, 0.2) is 0 Å². The van der Waals surface area contributed by atoms with E-state index >= 15 is 0 Å². The fourth-order valence-corrected chi connectivity index (χ4v) is 5.37. The van der Waals surface area contributed by atoms with Crippen LogP contribution in [0.3, 0.4) is 0 Å². The third kappa shape index (κ3) is 3.28. The highest BCUT2D eigenvalue weighted by atomic mass is 32.2. The molecular formula is C21H18N4O5S. The van der Waals surface area contributed by atoms with Crippen LogP contribution in [-0.2, 0) is 32.7 Å². The van der Waals surface area contributed by atoms with Gasteiger partial charge in [-0.1, -0.05) is 24.3 Å². The third-order valence-corrected chi connectivity index (χ3v) is 7.07. The second-order valence-corrected chi connectivity index (χ2v) is 9.31. The number of amidine groups is 1. The van der Waals surface area contributed by atoms with Crippen molar-refractivity contribution in [1.82, 2.24) is 14.9 Å². The first-order chi connectivity index (χ1) is 14.8. The Labute approximate surface area is 178 Å². The lowest BCUT2D eigenvalue weighted by Gasteiger charge is -2.29. The maximum absolute atomic E-state index is 12.9. The first kappa shape index (κ1) is 19.4. The minimum atomic E-state index is -3.61. The Bertz CT molecular complexity index is 1280. The lowest BCUT2D eigenvalue weighted by molar-refractivity contribution is -0.136. The normalized spacial score (nSPS) is 22.8. The van der Waals surface area contributed by atoms with Gasteiger partial charge in [-0.15, -0.1) is 0 Å². The highest BCUT2D eigenvalue weighted by molar-refractivity contribution is 7.90. The van der Waals surface area contributed by atoms with Crippen molar-refractivity contribution in [2.45, 2.75) is 36.9 Å². The van der Waals surface area contributed by atoms with E-state index in [2.05, 4.69) is 15.0 Å². The number of piperidine rings is 1. The van der Waals surface area contributed by atoms with Gasteiger partial charge in [0.05, 0.1) is 11.4 Å². The van der Waals surface area contributed by atoms with Crippen molar-refractivity contribution in [1.29, 1.82) is 0 Å². The molecule has 9 nitrogen and oxygen atoms in total. The summed E-state index contributed by atoms with van der Waals surface area (Å²) in [5.41, 5.74) is 2.56. The predicted octanol–water partition coefficient (Wildman–Crippen LogP) is 0.686. The van der Waals surface area contributed by atoms with Gasteiger partial charge in [-0.05, 0) is 35.7 Å². The molecule has 1 unspecified atom stereocenters. The quantitative estimate of drug-likeness (QED) is 0.682. The summed E-state index contributed by atoms with van der Waals surface area (Å²) in [6, 6.07) is 11.3. The van der Waals surface area contributed by atoms with Crippen molar-refractivity contribution < 1.29 is 22.8 Å². The number of carbonyl (C=O) groups is 3. The van der Waals surface area contributed by atoms with Crippen LogP contribution in [0.5, 0.6) is 0 Å². The number of sulfonamides is 1. The van der Waals surface area contributed by atoms with Gasteiger partial charge < -0.3 is 4.90 Å². The molecule has 2 aromatic rings. The summed E-state index contributed by atoms with van der Waals surface area (Å²) in [6.07, 6.45) is 0.515. The van der Waals surface area contributed by atoms with E-state index in [1.54, 1.807) is 24.3 Å². The Balaban J connectivity index is 1.37. The zero-order chi connectivity index (χ0) is 21.8. The second kappa shape index (κ2) is 7.02. The molecule has 3 aliphatic heterocycles. The first-order valence-corrected chi connectivity index (χ1v) is 11.2. The van der Waals surface area contributed by atoms with E-state index < -0.39 is 22.0 Å². The topological polar surface area (TPSA) is 125 Å². The molecule has 158 valence electrons. The molecule has 31 heavy (non-hydrogen) atoms. The standard InChI is InChI=1S/C21H18N4O5S/c26-18-8-7-16(20(27)23-18)25-11-13-6-5-12(9-15(13)21(25)28)10-22-19-14-3-1-2-4-17(14)31(29,30)24-19/h1-6,9,16H,7-8,10-11H2,(H,22,24)(H,23,26,27). The largest absolute Gasteiger partial charge is 0.322 e. The smallest absolute Gasteiger partial charge is 0.263 e. The van der Waals surface area contributed by atoms with E-state index in [1.807, 2.05) is 12.1 Å². The molecule has 5 rings (SSSR count). The van der Waals surface area contributed by atoms with Crippen molar-refractivity contribution in [2.75, 3.05) is 0 Å². The number of amides is 3. The number of nitrogens with zero attached hydrogens (tertiary/aromatic N) is 2. The summed E-state index contributed by atoms with van der Waals surface area (Å²) in [5, 5.41) is 2.29. The van der Waals surface area contributed by atoms with Gasteiger partial charge in [0, 0.05) is 24.1 Å². The Morgan fingerprint density at radius 1 is 1.06 bits per heavy atom. The van der Waals surface area contributed by atoms with Crippen LogP contribution < -0.4 is 10.0 Å². The van der Waals surface area contributed by atoms with E-state index in [0.717, 1.165) is 11.1 Å². The molecule has 0 saturated carbocycles. The summed E-state index contributed by atoms with van der Waals surface area (Å²) in [5.74, 6) is -0.759. The molecule has 3 amide bonds. The van der Waals surface area contributed by atoms with Crippen molar-refractivity contribution in [3.63, 3.8) is 0 Å². The van der Waals surface area contributed by atoms with Gasteiger partial charge in [-0.25, -0.2) is 8.42 Å². The summed E-state index contributed by atoms with van der Waals surface area (Å²) < 4.78 is 26.9. The predicted molar refractivity (Wildman–Crippen MR) is 109 cm³/mol. The number of hydrogen-bond acceptors (Lipinski definition) is 6. The number of rotatable bonds is 3. The molecule has 0 bridgehead atoms. The maximum atomic E-state index is 12.9. The maximum Gasteiger partial charge on any atom is 0.263 e. The Morgan fingerprint density at radius 2 is 1.87 bits per heavy atom. The van der Waals surface area contributed by atoms with Crippen LogP contribution in [0.1, 0.15) is 39.9 Å². The van der Waals surface area contributed by atoms with Crippen molar-refractivity contribution in [2.24, 2.45) is 4.99 Å². The number of imide groups is 1. The van der Waals surface area contributed by atoms with E-state index in [4.69, 9.17) is 0 Å². The lowest BCUT2D eigenvalue weighted by atomic mass is 10.0. The number of benzene rings is 2. The SMILES string of the molecule is O=C1CCC(N2Cc3ccc(CN=C4NS(=O)(=O)c5ccccc54)cc3C2=O)C(=O)N1. The molecule has 0 aliphatic carbocycles. The van der Waals surface area contributed by atoms with Crippen LogP contribution >= 0.6 is 0 Å². The highest BCUT2D eigenvalue weighted by Gasteiger charge is 2.39. The fourth-order valence-electron chi connectivity index (χ4n) is 4.12. The van der Waals surface area contributed by atoms with Crippen molar-refractivity contribution in [3.05, 3.63) is 64.7 Å². The van der Waals surface area contributed by atoms with E-state index in [0.29, 0.717) is 24.1 Å². The molecule has 3 aliphatic rings. The molecule has 10 heteroatoms.